The third kappa shape index (κ3) is 5.51. The van der Waals surface area contributed by atoms with Crippen molar-refractivity contribution in [3.63, 3.8) is 0 Å². The van der Waals surface area contributed by atoms with Crippen molar-refractivity contribution in [1.29, 1.82) is 0 Å². The number of nitrogens with one attached hydrogen (secondary N) is 1. The molecular formula is C20H22Cl2N2O3. The number of amides is 1. The Labute approximate surface area is 169 Å². The van der Waals surface area contributed by atoms with Gasteiger partial charge in [-0.05, 0) is 36.9 Å². The molecule has 144 valence electrons. The molecule has 1 aliphatic heterocycles. The number of benzene rings is 2. The van der Waals surface area contributed by atoms with Crippen molar-refractivity contribution in [2.24, 2.45) is 0 Å². The summed E-state index contributed by atoms with van der Waals surface area (Å²) in [7, 11) is 0. The highest BCUT2D eigenvalue weighted by atomic mass is 35.5. The highest BCUT2D eigenvalue weighted by molar-refractivity contribution is 6.35. The minimum absolute atomic E-state index is 0.0646. The molecule has 0 spiro atoms. The van der Waals surface area contributed by atoms with Crippen molar-refractivity contribution < 1.29 is 14.3 Å². The SMILES string of the molecule is CCN(CCC(=O)Nc1cc(Cl)ccc1Cl)C[C@@H]1COc2ccccc2O1. The predicted octanol–water partition coefficient (Wildman–Crippen LogP) is 4.48. The average Bonchev–Trinajstić information content (AvgIpc) is 2.68. The number of halogens is 2. The smallest absolute Gasteiger partial charge is 0.225 e. The summed E-state index contributed by atoms with van der Waals surface area (Å²) in [5.74, 6) is 1.43. The highest BCUT2D eigenvalue weighted by Gasteiger charge is 2.22. The van der Waals surface area contributed by atoms with E-state index in [1.165, 1.54) is 0 Å². The number of hydrogen-bond acceptors (Lipinski definition) is 4. The molecular weight excluding hydrogens is 387 g/mol. The van der Waals surface area contributed by atoms with Gasteiger partial charge in [0.2, 0.25) is 5.91 Å². The lowest BCUT2D eigenvalue weighted by molar-refractivity contribution is -0.116. The zero-order valence-corrected chi connectivity index (χ0v) is 16.6. The molecule has 1 heterocycles. The third-order valence-electron chi connectivity index (χ3n) is 4.33. The quantitative estimate of drug-likeness (QED) is 0.733. The van der Waals surface area contributed by atoms with Gasteiger partial charge in [-0.1, -0.05) is 42.3 Å². The van der Waals surface area contributed by atoms with Crippen molar-refractivity contribution in [2.45, 2.75) is 19.4 Å². The molecule has 7 heteroatoms. The summed E-state index contributed by atoms with van der Waals surface area (Å²) < 4.78 is 11.7. The topological polar surface area (TPSA) is 50.8 Å². The van der Waals surface area contributed by atoms with Crippen LogP contribution in [-0.2, 0) is 4.79 Å². The summed E-state index contributed by atoms with van der Waals surface area (Å²) in [6.07, 6.45) is 0.284. The van der Waals surface area contributed by atoms with E-state index in [-0.39, 0.29) is 12.0 Å². The second kappa shape index (κ2) is 9.31. The molecule has 0 saturated heterocycles. The first-order valence-corrected chi connectivity index (χ1v) is 9.66. The number of likely N-dealkylation sites (N-methyl/N-ethyl adjacent to an activating group) is 1. The zero-order chi connectivity index (χ0) is 19.2. The van der Waals surface area contributed by atoms with Crippen LogP contribution < -0.4 is 14.8 Å². The van der Waals surface area contributed by atoms with E-state index in [0.29, 0.717) is 41.8 Å². The van der Waals surface area contributed by atoms with E-state index < -0.39 is 0 Å². The average molecular weight is 409 g/mol. The van der Waals surface area contributed by atoms with Gasteiger partial charge in [0, 0.05) is 24.5 Å². The van der Waals surface area contributed by atoms with E-state index in [2.05, 4.69) is 17.1 Å². The van der Waals surface area contributed by atoms with Crippen LogP contribution in [0.2, 0.25) is 10.0 Å². The van der Waals surface area contributed by atoms with Crippen molar-refractivity contribution in [2.75, 3.05) is 31.6 Å². The Hall–Kier alpha value is -1.95. The van der Waals surface area contributed by atoms with Crippen molar-refractivity contribution in [3.8, 4) is 11.5 Å². The molecule has 1 atom stereocenters. The van der Waals surface area contributed by atoms with Gasteiger partial charge >= 0.3 is 0 Å². The molecule has 1 N–H and O–H groups in total. The second-order valence-corrected chi connectivity index (χ2v) is 7.16. The molecule has 0 bridgehead atoms. The number of nitrogens with zero attached hydrogens (tertiary/aromatic N) is 1. The Morgan fingerprint density at radius 1 is 1.22 bits per heavy atom. The van der Waals surface area contributed by atoms with E-state index in [4.69, 9.17) is 32.7 Å². The maximum Gasteiger partial charge on any atom is 0.225 e. The molecule has 0 radical (unpaired) electrons. The van der Waals surface area contributed by atoms with Crippen LogP contribution in [0.5, 0.6) is 11.5 Å². The largest absolute Gasteiger partial charge is 0.486 e. The van der Waals surface area contributed by atoms with Gasteiger partial charge in [-0.3, -0.25) is 9.69 Å². The number of carbonyl (C=O) groups is 1. The number of hydrogen-bond donors (Lipinski definition) is 1. The van der Waals surface area contributed by atoms with Gasteiger partial charge in [0.05, 0.1) is 10.7 Å². The molecule has 0 aliphatic carbocycles. The normalized spacial score (nSPS) is 15.6. The summed E-state index contributed by atoms with van der Waals surface area (Å²) in [6, 6.07) is 12.6. The van der Waals surface area contributed by atoms with E-state index in [1.54, 1.807) is 18.2 Å². The van der Waals surface area contributed by atoms with Crippen LogP contribution in [0.4, 0.5) is 5.69 Å². The van der Waals surface area contributed by atoms with Gasteiger partial charge in [-0.15, -0.1) is 0 Å². The van der Waals surface area contributed by atoms with Gasteiger partial charge in [-0.25, -0.2) is 0 Å². The summed E-state index contributed by atoms with van der Waals surface area (Å²) in [5.41, 5.74) is 0.526. The third-order valence-corrected chi connectivity index (χ3v) is 4.90. The molecule has 2 aromatic carbocycles. The predicted molar refractivity (Wildman–Crippen MR) is 108 cm³/mol. The first-order chi connectivity index (χ1) is 13.0. The van der Waals surface area contributed by atoms with E-state index in [0.717, 1.165) is 18.0 Å². The fourth-order valence-electron chi connectivity index (χ4n) is 2.89. The maximum atomic E-state index is 12.3. The fourth-order valence-corrected chi connectivity index (χ4v) is 3.22. The molecule has 2 aromatic rings. The molecule has 5 nitrogen and oxygen atoms in total. The van der Waals surface area contributed by atoms with Crippen LogP contribution in [-0.4, -0.2) is 43.2 Å². The fraction of sp³-hybridized carbons (Fsp3) is 0.350. The molecule has 0 saturated carbocycles. The minimum atomic E-state index is -0.108. The minimum Gasteiger partial charge on any atom is -0.486 e. The van der Waals surface area contributed by atoms with Crippen LogP contribution in [0.3, 0.4) is 0 Å². The lowest BCUT2D eigenvalue weighted by Crippen LogP contribution is -2.41. The number of carbonyl (C=O) groups excluding carboxylic acids is 1. The van der Waals surface area contributed by atoms with E-state index >= 15 is 0 Å². The van der Waals surface area contributed by atoms with Crippen LogP contribution in [0.1, 0.15) is 13.3 Å². The first-order valence-electron chi connectivity index (χ1n) is 8.91. The van der Waals surface area contributed by atoms with Gasteiger partial charge < -0.3 is 14.8 Å². The molecule has 3 rings (SSSR count). The number of rotatable bonds is 7. The van der Waals surface area contributed by atoms with Gasteiger partial charge in [0.1, 0.15) is 12.7 Å². The summed E-state index contributed by atoms with van der Waals surface area (Å²) in [6.45, 7) is 4.67. The van der Waals surface area contributed by atoms with E-state index in [9.17, 15) is 4.79 Å². The first kappa shape index (κ1) is 19.8. The van der Waals surface area contributed by atoms with Gasteiger partial charge in [0.15, 0.2) is 11.5 Å². The second-order valence-electron chi connectivity index (χ2n) is 6.31. The Morgan fingerprint density at radius 3 is 2.78 bits per heavy atom. The number of para-hydroxylation sites is 2. The number of anilines is 1. The standard InChI is InChI=1S/C20H22Cl2N2O3/c1-2-24(12-15-13-26-18-5-3-4-6-19(18)27-15)10-9-20(25)23-17-11-14(21)7-8-16(17)22/h3-8,11,15H,2,9-10,12-13H2,1H3,(H,23,25)/t15-/m1/s1. The van der Waals surface area contributed by atoms with E-state index in [1.807, 2.05) is 24.3 Å². The summed E-state index contributed by atoms with van der Waals surface area (Å²) in [4.78, 5) is 14.4. The van der Waals surface area contributed by atoms with Crippen molar-refractivity contribution >= 4 is 34.8 Å². The summed E-state index contributed by atoms with van der Waals surface area (Å²) in [5, 5.41) is 3.80. The molecule has 1 amide bonds. The van der Waals surface area contributed by atoms with Crippen LogP contribution in [0.15, 0.2) is 42.5 Å². The molecule has 0 fully saturated rings. The Kier molecular flexibility index (Phi) is 6.83. The molecule has 0 unspecified atom stereocenters. The Balaban J connectivity index is 1.49. The summed E-state index contributed by atoms with van der Waals surface area (Å²) >= 11 is 12.0. The zero-order valence-electron chi connectivity index (χ0n) is 15.1. The van der Waals surface area contributed by atoms with Crippen LogP contribution >= 0.6 is 23.2 Å². The molecule has 27 heavy (non-hydrogen) atoms. The molecule has 1 aliphatic rings. The number of ether oxygens (including phenoxy) is 2. The maximum absolute atomic E-state index is 12.3. The van der Waals surface area contributed by atoms with Gasteiger partial charge in [0.25, 0.3) is 0 Å². The van der Waals surface area contributed by atoms with Crippen molar-refractivity contribution in [3.05, 3.63) is 52.5 Å². The monoisotopic (exact) mass is 408 g/mol. The van der Waals surface area contributed by atoms with Crippen molar-refractivity contribution in [1.82, 2.24) is 4.90 Å². The Morgan fingerprint density at radius 2 is 2.00 bits per heavy atom. The molecule has 0 aromatic heterocycles. The Bertz CT molecular complexity index is 801. The lowest BCUT2D eigenvalue weighted by Gasteiger charge is -2.30. The van der Waals surface area contributed by atoms with Crippen LogP contribution in [0.25, 0.3) is 0 Å². The number of fused-ring (bicyclic) bond motifs is 1. The highest BCUT2D eigenvalue weighted by Crippen LogP contribution is 2.31. The lowest BCUT2D eigenvalue weighted by atomic mass is 10.2. The van der Waals surface area contributed by atoms with Crippen LogP contribution in [0, 0.1) is 0 Å². The van der Waals surface area contributed by atoms with Gasteiger partial charge in [-0.2, -0.15) is 0 Å².